The molecule has 0 spiro atoms. The Hall–Kier alpha value is -3.33. The lowest BCUT2D eigenvalue weighted by Crippen LogP contribution is -1.99. The van der Waals surface area contributed by atoms with Crippen LogP contribution in [0, 0.1) is 0 Å². The molecule has 2 aromatic heterocycles. The van der Waals surface area contributed by atoms with E-state index in [1.807, 2.05) is 42.5 Å². The number of hydrogen-bond acceptors (Lipinski definition) is 3. The molecule has 0 unspecified atom stereocenters. The third-order valence-corrected chi connectivity index (χ3v) is 4.40. The topological polar surface area (TPSA) is 43.4 Å². The van der Waals surface area contributed by atoms with E-state index in [4.69, 9.17) is 8.83 Å². The van der Waals surface area contributed by atoms with Gasteiger partial charge >= 0.3 is 5.63 Å². The van der Waals surface area contributed by atoms with Crippen molar-refractivity contribution in [2.75, 3.05) is 0 Å². The van der Waals surface area contributed by atoms with Crippen molar-refractivity contribution in [3.05, 3.63) is 83.4 Å². The molecule has 2 heterocycles. The predicted molar refractivity (Wildman–Crippen MR) is 95.2 cm³/mol. The van der Waals surface area contributed by atoms with Gasteiger partial charge in [0.25, 0.3) is 0 Å². The van der Waals surface area contributed by atoms with E-state index < -0.39 is 0 Å². The molecular weight excluding hydrogens is 300 g/mol. The van der Waals surface area contributed by atoms with E-state index in [0.29, 0.717) is 16.6 Å². The van der Waals surface area contributed by atoms with Crippen molar-refractivity contribution < 1.29 is 8.83 Å². The largest absolute Gasteiger partial charge is 0.464 e. The highest BCUT2D eigenvalue weighted by Crippen LogP contribution is 2.35. The zero-order valence-electron chi connectivity index (χ0n) is 12.7. The maximum atomic E-state index is 12.2. The lowest BCUT2D eigenvalue weighted by molar-refractivity contribution is 0.567. The van der Waals surface area contributed by atoms with Crippen LogP contribution in [-0.2, 0) is 0 Å². The highest BCUT2D eigenvalue weighted by Gasteiger charge is 2.13. The fraction of sp³-hybridized carbons (Fsp3) is 0. The van der Waals surface area contributed by atoms with E-state index >= 15 is 0 Å². The van der Waals surface area contributed by atoms with Gasteiger partial charge in [0, 0.05) is 22.4 Å². The Morgan fingerprint density at radius 2 is 1.42 bits per heavy atom. The molecule has 0 amide bonds. The first kappa shape index (κ1) is 13.1. The van der Waals surface area contributed by atoms with Gasteiger partial charge in [-0.2, -0.15) is 0 Å². The molecule has 0 saturated carbocycles. The molecule has 0 bridgehead atoms. The average Bonchev–Trinajstić information content (AvgIpc) is 3.04. The Labute approximate surface area is 136 Å². The second kappa shape index (κ2) is 4.83. The number of hydrogen-bond donors (Lipinski definition) is 0. The third kappa shape index (κ3) is 1.82. The molecule has 0 radical (unpaired) electrons. The molecule has 0 N–H and O–H groups in total. The Morgan fingerprint density at radius 3 is 2.25 bits per heavy atom. The minimum absolute atomic E-state index is 0.327. The first-order chi connectivity index (χ1) is 11.8. The van der Waals surface area contributed by atoms with Gasteiger partial charge in [-0.25, -0.2) is 4.79 Å². The zero-order valence-corrected chi connectivity index (χ0v) is 12.7. The summed E-state index contributed by atoms with van der Waals surface area (Å²) in [6, 6.07) is 21.5. The summed E-state index contributed by atoms with van der Waals surface area (Å²) in [5.74, 6) is 0. The van der Waals surface area contributed by atoms with Gasteiger partial charge in [0.1, 0.15) is 11.2 Å². The molecule has 3 aromatic carbocycles. The monoisotopic (exact) mass is 312 g/mol. The summed E-state index contributed by atoms with van der Waals surface area (Å²) in [6.07, 6.45) is 1.75. The lowest BCUT2D eigenvalue weighted by Gasteiger charge is -2.03. The van der Waals surface area contributed by atoms with Crippen LogP contribution >= 0.6 is 0 Å². The molecule has 0 fully saturated rings. The standard InChI is InChI=1S/C21H12O3/c22-21-15-9-5-4-8-14(15)16-10-17-18(13-6-2-1-3-7-13)12-23-19(17)11-20(16)24-21/h1-12H. The number of benzene rings is 3. The van der Waals surface area contributed by atoms with E-state index in [2.05, 4.69) is 12.1 Å². The molecule has 114 valence electrons. The van der Waals surface area contributed by atoms with E-state index in [1.165, 1.54) is 0 Å². The van der Waals surface area contributed by atoms with Crippen LogP contribution < -0.4 is 5.63 Å². The Balaban J connectivity index is 1.93. The summed E-state index contributed by atoms with van der Waals surface area (Å²) in [5.41, 5.74) is 3.05. The van der Waals surface area contributed by atoms with Gasteiger partial charge < -0.3 is 8.83 Å². The van der Waals surface area contributed by atoms with Gasteiger partial charge in [-0.3, -0.25) is 0 Å². The summed E-state index contributed by atoms with van der Waals surface area (Å²) in [5, 5.41) is 3.41. The van der Waals surface area contributed by atoms with Crippen LogP contribution in [0.3, 0.4) is 0 Å². The first-order valence-electron chi connectivity index (χ1n) is 7.73. The molecule has 5 aromatic rings. The molecule has 0 aliphatic rings. The summed E-state index contributed by atoms with van der Waals surface area (Å²) in [7, 11) is 0. The molecular formula is C21H12O3. The van der Waals surface area contributed by atoms with Crippen molar-refractivity contribution in [3.8, 4) is 11.1 Å². The maximum Gasteiger partial charge on any atom is 0.344 e. The second-order valence-electron chi connectivity index (χ2n) is 5.80. The van der Waals surface area contributed by atoms with E-state index in [-0.39, 0.29) is 5.63 Å². The van der Waals surface area contributed by atoms with E-state index in [1.54, 1.807) is 18.4 Å². The highest BCUT2D eigenvalue weighted by atomic mass is 16.4. The molecule has 0 atom stereocenters. The summed E-state index contributed by atoms with van der Waals surface area (Å²) in [4.78, 5) is 12.2. The summed E-state index contributed by atoms with van der Waals surface area (Å²) in [6.45, 7) is 0. The predicted octanol–water partition coefficient (Wildman–Crippen LogP) is 5.36. The van der Waals surface area contributed by atoms with Crippen molar-refractivity contribution in [2.24, 2.45) is 0 Å². The quantitative estimate of drug-likeness (QED) is 0.309. The van der Waals surface area contributed by atoms with Gasteiger partial charge in [0.05, 0.1) is 11.6 Å². The fourth-order valence-electron chi connectivity index (χ4n) is 3.24. The van der Waals surface area contributed by atoms with Crippen LogP contribution in [0.25, 0.3) is 43.8 Å². The minimum Gasteiger partial charge on any atom is -0.464 e. The van der Waals surface area contributed by atoms with Crippen molar-refractivity contribution in [1.82, 2.24) is 0 Å². The van der Waals surface area contributed by atoms with Gasteiger partial charge in [0.15, 0.2) is 0 Å². The third-order valence-electron chi connectivity index (χ3n) is 4.40. The van der Waals surface area contributed by atoms with Crippen molar-refractivity contribution >= 4 is 32.7 Å². The SMILES string of the molecule is O=c1oc2cc3occ(-c4ccccc4)c3cc2c2ccccc12. The fourth-order valence-corrected chi connectivity index (χ4v) is 3.24. The Kier molecular flexibility index (Phi) is 2.65. The highest BCUT2D eigenvalue weighted by molar-refractivity contribution is 6.10. The van der Waals surface area contributed by atoms with Crippen LogP contribution in [0.1, 0.15) is 0 Å². The molecule has 5 rings (SSSR count). The number of fused-ring (bicyclic) bond motifs is 4. The number of rotatable bonds is 1. The van der Waals surface area contributed by atoms with Crippen LogP contribution in [0.2, 0.25) is 0 Å². The normalized spacial score (nSPS) is 11.5. The van der Waals surface area contributed by atoms with Crippen LogP contribution in [0.5, 0.6) is 0 Å². The van der Waals surface area contributed by atoms with Crippen LogP contribution in [-0.4, -0.2) is 0 Å². The first-order valence-corrected chi connectivity index (χ1v) is 7.73. The Morgan fingerprint density at radius 1 is 0.667 bits per heavy atom. The summed E-state index contributed by atoms with van der Waals surface area (Å²) < 4.78 is 11.2. The number of furan rings is 1. The molecule has 0 aliphatic carbocycles. The average molecular weight is 312 g/mol. The summed E-state index contributed by atoms with van der Waals surface area (Å²) >= 11 is 0. The van der Waals surface area contributed by atoms with E-state index in [0.717, 1.165) is 27.3 Å². The van der Waals surface area contributed by atoms with Crippen molar-refractivity contribution in [1.29, 1.82) is 0 Å². The molecule has 3 nitrogen and oxygen atoms in total. The van der Waals surface area contributed by atoms with Crippen molar-refractivity contribution in [3.63, 3.8) is 0 Å². The van der Waals surface area contributed by atoms with Crippen LogP contribution in [0.15, 0.2) is 86.6 Å². The molecule has 3 heteroatoms. The van der Waals surface area contributed by atoms with Gasteiger partial charge in [-0.15, -0.1) is 0 Å². The van der Waals surface area contributed by atoms with E-state index in [9.17, 15) is 4.79 Å². The zero-order chi connectivity index (χ0) is 16.1. The molecule has 24 heavy (non-hydrogen) atoms. The van der Waals surface area contributed by atoms with Crippen molar-refractivity contribution in [2.45, 2.75) is 0 Å². The maximum absolute atomic E-state index is 12.2. The van der Waals surface area contributed by atoms with Gasteiger partial charge in [-0.1, -0.05) is 48.5 Å². The van der Waals surface area contributed by atoms with Gasteiger partial charge in [0.2, 0.25) is 0 Å². The van der Waals surface area contributed by atoms with Crippen LogP contribution in [0.4, 0.5) is 0 Å². The molecule has 0 saturated heterocycles. The smallest absolute Gasteiger partial charge is 0.344 e. The minimum atomic E-state index is -0.327. The second-order valence-corrected chi connectivity index (χ2v) is 5.80. The lowest BCUT2D eigenvalue weighted by atomic mass is 10.0. The van der Waals surface area contributed by atoms with Gasteiger partial charge in [-0.05, 0) is 23.1 Å². The molecule has 0 aliphatic heterocycles. The Bertz CT molecular complexity index is 1260.